The van der Waals surface area contributed by atoms with Crippen molar-refractivity contribution in [2.24, 2.45) is 5.92 Å². The zero-order valence-electron chi connectivity index (χ0n) is 21.7. The SMILES string of the molecule is CCC(C)CN(CC(=O)N1CCN(c2ccc(-c3ccc(C)cc3)nn2)CC1)C(=O)c1ccc(F)cc1. The number of amides is 2. The Bertz CT molecular complexity index is 1190. The summed E-state index contributed by atoms with van der Waals surface area (Å²) in [5, 5.41) is 8.81. The number of halogens is 1. The highest BCUT2D eigenvalue weighted by Crippen LogP contribution is 2.20. The Kier molecular flexibility index (Phi) is 8.48. The zero-order chi connectivity index (χ0) is 26.4. The minimum absolute atomic E-state index is 0.00556. The van der Waals surface area contributed by atoms with Gasteiger partial charge in [0.1, 0.15) is 12.4 Å². The fourth-order valence-electron chi connectivity index (χ4n) is 4.32. The third-order valence-corrected chi connectivity index (χ3v) is 6.89. The van der Waals surface area contributed by atoms with Crippen LogP contribution < -0.4 is 4.90 Å². The van der Waals surface area contributed by atoms with E-state index in [1.54, 1.807) is 9.80 Å². The average molecular weight is 504 g/mol. The molecule has 1 aromatic heterocycles. The van der Waals surface area contributed by atoms with Gasteiger partial charge in [-0.3, -0.25) is 9.59 Å². The molecule has 1 fully saturated rings. The highest BCUT2D eigenvalue weighted by Gasteiger charge is 2.26. The summed E-state index contributed by atoms with van der Waals surface area (Å²) in [6.45, 7) is 9.01. The number of aryl methyl sites for hydroxylation is 1. The van der Waals surface area contributed by atoms with Crippen molar-refractivity contribution in [2.75, 3.05) is 44.2 Å². The normalized spacial score (nSPS) is 14.4. The van der Waals surface area contributed by atoms with Gasteiger partial charge >= 0.3 is 0 Å². The van der Waals surface area contributed by atoms with Gasteiger partial charge in [-0.1, -0.05) is 50.1 Å². The van der Waals surface area contributed by atoms with Gasteiger partial charge in [0.05, 0.1) is 5.69 Å². The van der Waals surface area contributed by atoms with Gasteiger partial charge in [0, 0.05) is 43.9 Å². The van der Waals surface area contributed by atoms with Gasteiger partial charge < -0.3 is 14.7 Å². The quantitative estimate of drug-likeness (QED) is 0.455. The van der Waals surface area contributed by atoms with Crippen molar-refractivity contribution in [3.63, 3.8) is 0 Å². The van der Waals surface area contributed by atoms with Gasteiger partial charge in [-0.25, -0.2) is 4.39 Å². The molecule has 3 aromatic rings. The lowest BCUT2D eigenvalue weighted by Crippen LogP contribution is -2.52. The Balaban J connectivity index is 1.35. The maximum atomic E-state index is 13.3. The van der Waals surface area contributed by atoms with E-state index in [-0.39, 0.29) is 24.3 Å². The molecular weight excluding hydrogens is 469 g/mol. The highest BCUT2D eigenvalue weighted by molar-refractivity contribution is 5.96. The summed E-state index contributed by atoms with van der Waals surface area (Å²) in [7, 11) is 0. The van der Waals surface area contributed by atoms with Crippen molar-refractivity contribution in [1.29, 1.82) is 0 Å². The molecule has 2 aromatic carbocycles. The van der Waals surface area contributed by atoms with E-state index in [4.69, 9.17) is 0 Å². The second kappa shape index (κ2) is 12.0. The third-order valence-electron chi connectivity index (χ3n) is 6.89. The highest BCUT2D eigenvalue weighted by atomic mass is 19.1. The van der Waals surface area contributed by atoms with Crippen molar-refractivity contribution >= 4 is 17.6 Å². The Morgan fingerprint density at radius 3 is 2.22 bits per heavy atom. The second-order valence-electron chi connectivity index (χ2n) is 9.72. The van der Waals surface area contributed by atoms with E-state index in [2.05, 4.69) is 48.0 Å². The van der Waals surface area contributed by atoms with Crippen LogP contribution in [-0.4, -0.2) is 71.1 Å². The van der Waals surface area contributed by atoms with Gasteiger partial charge in [-0.15, -0.1) is 10.2 Å². The first-order valence-corrected chi connectivity index (χ1v) is 12.8. The minimum Gasteiger partial charge on any atom is -0.352 e. The van der Waals surface area contributed by atoms with E-state index >= 15 is 0 Å². The lowest BCUT2D eigenvalue weighted by atomic mass is 10.1. The van der Waals surface area contributed by atoms with Crippen LogP contribution in [0.4, 0.5) is 10.2 Å². The van der Waals surface area contributed by atoms with Crippen LogP contribution in [0.5, 0.6) is 0 Å². The molecule has 8 heteroatoms. The van der Waals surface area contributed by atoms with Gasteiger partial charge in [0.25, 0.3) is 5.91 Å². The van der Waals surface area contributed by atoms with E-state index in [9.17, 15) is 14.0 Å². The summed E-state index contributed by atoms with van der Waals surface area (Å²) in [6.07, 6.45) is 0.893. The molecule has 1 unspecified atom stereocenters. The number of hydrogen-bond donors (Lipinski definition) is 0. The maximum Gasteiger partial charge on any atom is 0.254 e. The topological polar surface area (TPSA) is 69.6 Å². The fourth-order valence-corrected chi connectivity index (χ4v) is 4.32. The largest absolute Gasteiger partial charge is 0.352 e. The molecule has 2 heterocycles. The van der Waals surface area contributed by atoms with E-state index in [0.717, 1.165) is 23.5 Å². The van der Waals surface area contributed by atoms with Crippen molar-refractivity contribution in [2.45, 2.75) is 27.2 Å². The van der Waals surface area contributed by atoms with Gasteiger partial charge in [-0.2, -0.15) is 0 Å². The van der Waals surface area contributed by atoms with Crippen LogP contribution in [0, 0.1) is 18.7 Å². The molecule has 0 aliphatic carbocycles. The number of nitrogens with zero attached hydrogens (tertiary/aromatic N) is 5. The molecule has 37 heavy (non-hydrogen) atoms. The van der Waals surface area contributed by atoms with Crippen molar-refractivity contribution < 1.29 is 14.0 Å². The summed E-state index contributed by atoms with van der Waals surface area (Å²) in [5.41, 5.74) is 3.43. The number of anilines is 1. The molecule has 7 nitrogen and oxygen atoms in total. The predicted octanol–water partition coefficient (Wildman–Crippen LogP) is 4.43. The van der Waals surface area contributed by atoms with Gasteiger partial charge in [-0.05, 0) is 49.2 Å². The zero-order valence-corrected chi connectivity index (χ0v) is 21.7. The number of piperazine rings is 1. The fraction of sp³-hybridized carbons (Fsp3) is 0.379. The molecule has 4 rings (SSSR count). The average Bonchev–Trinajstić information content (AvgIpc) is 2.93. The molecule has 1 saturated heterocycles. The minimum atomic E-state index is -0.395. The molecule has 1 aliphatic rings. The second-order valence-corrected chi connectivity index (χ2v) is 9.72. The molecule has 0 N–H and O–H groups in total. The van der Waals surface area contributed by atoms with E-state index in [1.165, 1.54) is 29.8 Å². The number of benzene rings is 2. The van der Waals surface area contributed by atoms with Gasteiger partial charge in [0.15, 0.2) is 5.82 Å². The Morgan fingerprint density at radius 1 is 0.946 bits per heavy atom. The lowest BCUT2D eigenvalue weighted by molar-refractivity contribution is -0.132. The molecule has 1 aliphatic heterocycles. The van der Waals surface area contributed by atoms with E-state index in [1.807, 2.05) is 24.3 Å². The monoisotopic (exact) mass is 503 g/mol. The summed E-state index contributed by atoms with van der Waals surface area (Å²) < 4.78 is 13.3. The van der Waals surface area contributed by atoms with E-state index < -0.39 is 5.82 Å². The van der Waals surface area contributed by atoms with Crippen LogP contribution in [0.15, 0.2) is 60.7 Å². The smallest absolute Gasteiger partial charge is 0.254 e. The maximum absolute atomic E-state index is 13.3. The number of carbonyl (C=O) groups is 2. The van der Waals surface area contributed by atoms with Crippen LogP contribution in [0.1, 0.15) is 36.2 Å². The molecule has 1 atom stereocenters. The van der Waals surface area contributed by atoms with Gasteiger partial charge in [0.2, 0.25) is 5.91 Å². The standard InChI is InChI=1S/C29H34FN5O2/c1-4-21(2)19-35(29(37)24-9-11-25(30)12-10-24)20-28(36)34-17-15-33(16-18-34)27-14-13-26(31-32-27)23-7-5-22(3)6-8-23/h5-14,21H,4,15-20H2,1-3H3. The molecule has 0 bridgehead atoms. The Hall–Kier alpha value is -3.81. The molecule has 2 amide bonds. The van der Waals surface area contributed by atoms with Crippen LogP contribution in [0.3, 0.4) is 0 Å². The molecule has 194 valence electrons. The molecule has 0 spiro atoms. The van der Waals surface area contributed by atoms with Crippen LogP contribution in [-0.2, 0) is 4.79 Å². The summed E-state index contributed by atoms with van der Waals surface area (Å²) >= 11 is 0. The van der Waals surface area contributed by atoms with Crippen molar-refractivity contribution in [1.82, 2.24) is 20.0 Å². The summed E-state index contributed by atoms with van der Waals surface area (Å²) in [4.78, 5) is 31.8. The lowest BCUT2D eigenvalue weighted by Gasteiger charge is -2.36. The summed E-state index contributed by atoms with van der Waals surface area (Å²) in [6, 6.07) is 17.6. The van der Waals surface area contributed by atoms with Crippen LogP contribution in [0.2, 0.25) is 0 Å². The molecule has 0 saturated carbocycles. The Morgan fingerprint density at radius 2 is 1.62 bits per heavy atom. The Labute approximate surface area is 217 Å². The number of carbonyl (C=O) groups excluding carboxylic acids is 2. The number of aromatic nitrogens is 2. The van der Waals surface area contributed by atoms with Crippen molar-refractivity contribution in [3.8, 4) is 11.3 Å². The number of hydrogen-bond acceptors (Lipinski definition) is 5. The number of rotatable bonds is 8. The first-order valence-electron chi connectivity index (χ1n) is 12.8. The first-order chi connectivity index (χ1) is 17.8. The molecular formula is C29H34FN5O2. The third kappa shape index (κ3) is 6.70. The van der Waals surface area contributed by atoms with Crippen LogP contribution >= 0.6 is 0 Å². The first kappa shape index (κ1) is 26.3. The van der Waals surface area contributed by atoms with Crippen LogP contribution in [0.25, 0.3) is 11.3 Å². The van der Waals surface area contributed by atoms with E-state index in [0.29, 0.717) is 38.3 Å². The predicted molar refractivity (Wildman–Crippen MR) is 143 cm³/mol. The summed E-state index contributed by atoms with van der Waals surface area (Å²) in [5.74, 6) is 0.298. The van der Waals surface area contributed by atoms with Crippen molar-refractivity contribution in [3.05, 3.63) is 77.6 Å². The molecule has 0 radical (unpaired) electrons.